The zero-order valence-electron chi connectivity index (χ0n) is 11.1. The lowest BCUT2D eigenvalue weighted by Gasteiger charge is -2.18. The number of halogens is 2. The molecule has 0 fully saturated rings. The SMILES string of the molecule is CSC(SC)=C(C#N)N(C)C(=O)c1ccc(Cl)cc1Cl. The van der Waals surface area contributed by atoms with Gasteiger partial charge in [0, 0.05) is 12.1 Å². The van der Waals surface area contributed by atoms with Crippen LogP contribution in [0.25, 0.3) is 0 Å². The lowest BCUT2D eigenvalue weighted by atomic mass is 10.2. The molecule has 0 aliphatic carbocycles. The average molecular weight is 347 g/mol. The van der Waals surface area contributed by atoms with Gasteiger partial charge < -0.3 is 4.90 Å². The monoisotopic (exact) mass is 346 g/mol. The second kappa shape index (κ2) is 7.84. The summed E-state index contributed by atoms with van der Waals surface area (Å²) in [7, 11) is 1.55. The van der Waals surface area contributed by atoms with E-state index in [-0.39, 0.29) is 10.9 Å². The van der Waals surface area contributed by atoms with Crippen molar-refractivity contribution in [3.8, 4) is 6.07 Å². The Balaban J connectivity index is 3.20. The van der Waals surface area contributed by atoms with Gasteiger partial charge in [-0.1, -0.05) is 23.2 Å². The smallest absolute Gasteiger partial charge is 0.260 e. The number of nitrogens with zero attached hydrogens (tertiary/aromatic N) is 2. The molecule has 0 aliphatic heterocycles. The number of rotatable bonds is 4. The van der Waals surface area contributed by atoms with Crippen LogP contribution in [0.1, 0.15) is 10.4 Å². The Morgan fingerprint density at radius 1 is 1.30 bits per heavy atom. The lowest BCUT2D eigenvalue weighted by molar-refractivity contribution is 0.0841. The van der Waals surface area contributed by atoms with Crippen LogP contribution in [0.2, 0.25) is 10.0 Å². The maximum atomic E-state index is 12.4. The van der Waals surface area contributed by atoms with Gasteiger partial charge in [0.05, 0.1) is 14.8 Å². The number of allylic oxidation sites excluding steroid dienone is 1. The van der Waals surface area contributed by atoms with Gasteiger partial charge in [-0.15, -0.1) is 23.5 Å². The Kier molecular flexibility index (Phi) is 6.77. The van der Waals surface area contributed by atoms with E-state index in [1.165, 1.54) is 34.5 Å². The van der Waals surface area contributed by atoms with Crippen molar-refractivity contribution in [3.05, 3.63) is 43.7 Å². The van der Waals surface area contributed by atoms with Gasteiger partial charge in [-0.3, -0.25) is 4.79 Å². The van der Waals surface area contributed by atoms with Gasteiger partial charge in [0.1, 0.15) is 11.8 Å². The van der Waals surface area contributed by atoms with Gasteiger partial charge in [-0.2, -0.15) is 5.26 Å². The number of benzene rings is 1. The molecule has 0 saturated carbocycles. The van der Waals surface area contributed by atoms with Crippen molar-refractivity contribution in [3.63, 3.8) is 0 Å². The average Bonchev–Trinajstić information content (AvgIpc) is 2.43. The molecule has 3 nitrogen and oxygen atoms in total. The standard InChI is InChI=1S/C13H12Cl2N2OS2/c1-17(11(7-16)13(19-2)20-3)12(18)9-5-4-8(14)6-10(9)15/h4-6H,1-3H3. The summed E-state index contributed by atoms with van der Waals surface area (Å²) in [5.41, 5.74) is 0.619. The van der Waals surface area contributed by atoms with Crippen LogP contribution < -0.4 is 0 Å². The van der Waals surface area contributed by atoms with Crippen molar-refractivity contribution in [1.82, 2.24) is 4.90 Å². The maximum absolute atomic E-state index is 12.4. The van der Waals surface area contributed by atoms with E-state index in [9.17, 15) is 10.1 Å². The third kappa shape index (κ3) is 3.86. The zero-order valence-corrected chi connectivity index (χ0v) is 14.3. The van der Waals surface area contributed by atoms with Crippen molar-refractivity contribution in [2.75, 3.05) is 19.6 Å². The van der Waals surface area contributed by atoms with Crippen LogP contribution in [0.3, 0.4) is 0 Å². The third-order valence-electron chi connectivity index (χ3n) is 2.47. The largest absolute Gasteiger partial charge is 0.301 e. The van der Waals surface area contributed by atoms with E-state index < -0.39 is 0 Å². The molecule has 0 radical (unpaired) electrons. The molecule has 1 aromatic rings. The summed E-state index contributed by atoms with van der Waals surface area (Å²) in [4.78, 5) is 13.7. The third-order valence-corrected chi connectivity index (χ3v) is 5.15. The van der Waals surface area contributed by atoms with E-state index >= 15 is 0 Å². The number of thioether (sulfide) groups is 2. The van der Waals surface area contributed by atoms with Crippen LogP contribution in [0, 0.1) is 11.3 Å². The Labute approximate surface area is 136 Å². The number of hydrogen-bond donors (Lipinski definition) is 0. The molecule has 0 atom stereocenters. The lowest BCUT2D eigenvalue weighted by Crippen LogP contribution is -2.26. The normalized spacial score (nSPS) is 9.80. The molecule has 0 aliphatic rings. The van der Waals surface area contributed by atoms with Gasteiger partial charge in [0.25, 0.3) is 5.91 Å². The molecule has 1 rings (SSSR count). The Morgan fingerprint density at radius 3 is 2.35 bits per heavy atom. The summed E-state index contributed by atoms with van der Waals surface area (Å²) < 4.78 is 0.772. The Morgan fingerprint density at radius 2 is 1.90 bits per heavy atom. The van der Waals surface area contributed by atoms with Gasteiger partial charge in [-0.05, 0) is 30.7 Å². The van der Waals surface area contributed by atoms with E-state index in [1.807, 2.05) is 12.5 Å². The molecule has 0 unspecified atom stereocenters. The van der Waals surface area contributed by atoms with Crippen LogP contribution in [-0.2, 0) is 0 Å². The number of carbonyl (C=O) groups excluding carboxylic acids is 1. The highest BCUT2D eigenvalue weighted by Gasteiger charge is 2.21. The van der Waals surface area contributed by atoms with E-state index in [1.54, 1.807) is 19.2 Å². The summed E-state index contributed by atoms with van der Waals surface area (Å²) in [6.45, 7) is 0. The molecule has 0 aromatic heterocycles. The van der Waals surface area contributed by atoms with Gasteiger partial charge in [0.2, 0.25) is 0 Å². The van der Waals surface area contributed by atoms with Gasteiger partial charge in [0.15, 0.2) is 0 Å². The van der Waals surface area contributed by atoms with Crippen molar-refractivity contribution >= 4 is 52.6 Å². The predicted molar refractivity (Wildman–Crippen MR) is 88.2 cm³/mol. The summed E-state index contributed by atoms with van der Waals surface area (Å²) in [6, 6.07) is 6.71. The van der Waals surface area contributed by atoms with Crippen molar-refractivity contribution in [1.29, 1.82) is 5.26 Å². The van der Waals surface area contributed by atoms with Crippen LogP contribution in [0.5, 0.6) is 0 Å². The predicted octanol–water partition coefficient (Wildman–Crippen LogP) is 4.48. The summed E-state index contributed by atoms with van der Waals surface area (Å²) >= 11 is 14.7. The minimum Gasteiger partial charge on any atom is -0.301 e. The van der Waals surface area contributed by atoms with Gasteiger partial charge in [-0.25, -0.2) is 0 Å². The molecule has 106 valence electrons. The van der Waals surface area contributed by atoms with Gasteiger partial charge >= 0.3 is 0 Å². The molecule has 0 heterocycles. The van der Waals surface area contributed by atoms with E-state index in [4.69, 9.17) is 23.2 Å². The summed E-state index contributed by atoms with van der Waals surface area (Å²) in [5, 5.41) is 9.98. The van der Waals surface area contributed by atoms with Crippen LogP contribution in [0.4, 0.5) is 0 Å². The highest BCUT2D eigenvalue weighted by Crippen LogP contribution is 2.30. The Bertz CT molecular complexity index is 591. The highest BCUT2D eigenvalue weighted by molar-refractivity contribution is 8.21. The molecule has 20 heavy (non-hydrogen) atoms. The molecule has 1 amide bonds. The van der Waals surface area contributed by atoms with Crippen LogP contribution in [0.15, 0.2) is 28.1 Å². The topological polar surface area (TPSA) is 44.1 Å². The number of nitriles is 1. The van der Waals surface area contributed by atoms with E-state index in [2.05, 4.69) is 6.07 Å². The molecule has 0 N–H and O–H groups in total. The molecule has 1 aromatic carbocycles. The highest BCUT2D eigenvalue weighted by atomic mass is 35.5. The van der Waals surface area contributed by atoms with E-state index in [0.717, 1.165) is 4.24 Å². The van der Waals surface area contributed by atoms with Crippen LogP contribution >= 0.6 is 46.7 Å². The molecular weight excluding hydrogens is 335 g/mol. The molecule has 0 saturated heterocycles. The molecular formula is C13H12Cl2N2OS2. The Hall–Kier alpha value is -0.800. The molecule has 0 bridgehead atoms. The minimum absolute atomic E-state index is 0.265. The summed E-state index contributed by atoms with van der Waals surface area (Å²) in [6.07, 6.45) is 3.72. The zero-order chi connectivity index (χ0) is 15.3. The number of amides is 1. The first-order chi connectivity index (χ1) is 9.46. The molecule has 7 heteroatoms. The maximum Gasteiger partial charge on any atom is 0.260 e. The van der Waals surface area contributed by atoms with Crippen molar-refractivity contribution in [2.45, 2.75) is 0 Å². The quantitative estimate of drug-likeness (QED) is 0.753. The van der Waals surface area contributed by atoms with Crippen LogP contribution in [-0.4, -0.2) is 30.4 Å². The first kappa shape index (κ1) is 17.3. The fourth-order valence-electron chi connectivity index (χ4n) is 1.48. The van der Waals surface area contributed by atoms with Crippen molar-refractivity contribution < 1.29 is 4.79 Å². The fraction of sp³-hybridized carbons (Fsp3) is 0.231. The minimum atomic E-state index is -0.344. The first-order valence-electron chi connectivity index (χ1n) is 5.41. The number of carbonyl (C=O) groups is 1. The van der Waals surface area contributed by atoms with Crippen molar-refractivity contribution in [2.24, 2.45) is 0 Å². The van der Waals surface area contributed by atoms with E-state index in [0.29, 0.717) is 16.3 Å². The summed E-state index contributed by atoms with van der Waals surface area (Å²) in [5.74, 6) is -0.344. The first-order valence-corrected chi connectivity index (χ1v) is 8.62. The molecule has 0 spiro atoms. The fourth-order valence-corrected chi connectivity index (χ4v) is 3.39. The second-order valence-corrected chi connectivity index (χ2v) is 6.38. The second-order valence-electron chi connectivity index (χ2n) is 3.64. The number of hydrogen-bond acceptors (Lipinski definition) is 4.